The van der Waals surface area contributed by atoms with Gasteiger partial charge in [-0.2, -0.15) is 0 Å². The fraction of sp³-hybridized carbons (Fsp3) is 0.108. The van der Waals surface area contributed by atoms with E-state index in [1.807, 2.05) is 72.9 Å². The Morgan fingerprint density at radius 3 is 2.21 bits per heavy atom. The van der Waals surface area contributed by atoms with Crippen molar-refractivity contribution in [3.05, 3.63) is 145 Å². The smallest absolute Gasteiger partial charge is 0.442 e. The van der Waals surface area contributed by atoms with Crippen molar-refractivity contribution in [2.75, 3.05) is 0 Å². The van der Waals surface area contributed by atoms with Crippen LogP contribution in [-0.4, -0.2) is 15.0 Å². The summed E-state index contributed by atoms with van der Waals surface area (Å²) in [4.78, 5) is 14.4. The van der Waals surface area contributed by atoms with Crippen LogP contribution < -0.4 is 0 Å². The third-order valence-electron chi connectivity index (χ3n) is 7.03. The van der Waals surface area contributed by atoms with Gasteiger partial charge in [0.1, 0.15) is 0 Å². The molecule has 3 aromatic heterocycles. The first-order valence-electron chi connectivity index (χ1n) is 13.7. The molecule has 0 aliphatic carbocycles. The molecule has 6 aromatic rings. The number of aromatic nitrogens is 3. The molecule has 0 bridgehead atoms. The normalized spacial score (nSPS) is 11.0. The molecule has 208 valence electrons. The van der Waals surface area contributed by atoms with Crippen LogP contribution in [0.5, 0.6) is 0 Å². The minimum Gasteiger partial charge on any atom is -0.442 e. The van der Waals surface area contributed by atoms with Gasteiger partial charge in [0, 0.05) is 11.8 Å². The third-order valence-corrected chi connectivity index (χ3v) is 7.03. The molecule has 0 atom stereocenters. The molecule has 42 heavy (non-hydrogen) atoms. The number of benzene rings is 3. The molecule has 0 aliphatic rings. The van der Waals surface area contributed by atoms with Crippen molar-refractivity contribution in [1.82, 2.24) is 15.0 Å². The van der Waals surface area contributed by atoms with Crippen molar-refractivity contribution in [3.63, 3.8) is 0 Å². The van der Waals surface area contributed by atoms with E-state index >= 15 is 0 Å². The van der Waals surface area contributed by atoms with E-state index in [0.717, 1.165) is 50.6 Å². The molecule has 0 aliphatic heterocycles. The molecule has 5 heteroatoms. The minimum atomic E-state index is -0.0285. The fourth-order valence-electron chi connectivity index (χ4n) is 4.78. The molecule has 0 radical (unpaired) electrons. The minimum absolute atomic E-state index is 0. The van der Waals surface area contributed by atoms with E-state index in [4.69, 9.17) is 15.3 Å². The average molecular weight is 726 g/mol. The van der Waals surface area contributed by atoms with Gasteiger partial charge in [0.25, 0.3) is 0 Å². The molecule has 6 rings (SSSR count). The maximum absolute atomic E-state index is 5.12. The Balaban J connectivity index is 0.00000353. The zero-order chi connectivity index (χ0) is 28.2. The van der Waals surface area contributed by atoms with Crippen molar-refractivity contribution in [2.45, 2.75) is 26.2 Å². The fourth-order valence-corrected chi connectivity index (χ4v) is 4.78. The van der Waals surface area contributed by atoms with E-state index in [-0.39, 0.29) is 26.5 Å². The number of hydrogen-bond donors (Lipinski definition) is 0. The van der Waals surface area contributed by atoms with Crippen LogP contribution in [0.2, 0.25) is 0 Å². The molecule has 3 aromatic carbocycles. The second kappa shape index (κ2) is 12.6. The number of hydrogen-bond acceptors (Lipinski definition) is 3. The van der Waals surface area contributed by atoms with Crippen molar-refractivity contribution in [3.8, 4) is 44.9 Å². The molecular weight excluding hydrogens is 696 g/mol. The van der Waals surface area contributed by atoms with E-state index in [1.54, 1.807) is 6.20 Å². The van der Waals surface area contributed by atoms with Crippen LogP contribution in [-0.2, 0) is 26.5 Å². The summed E-state index contributed by atoms with van der Waals surface area (Å²) in [5.41, 5.74) is 9.56. The van der Waals surface area contributed by atoms with Gasteiger partial charge in [-0.3, -0.25) is 9.97 Å². The van der Waals surface area contributed by atoms with Gasteiger partial charge < -0.3 is 10.3 Å². The molecule has 0 spiro atoms. The summed E-state index contributed by atoms with van der Waals surface area (Å²) < 4.78 is 0. The van der Waals surface area contributed by atoms with Crippen molar-refractivity contribution >= 4 is 11.5 Å². The van der Waals surface area contributed by atoms with Crippen LogP contribution in [0.15, 0.2) is 128 Å². The molecular formula is C37H30N4Pt. The maximum atomic E-state index is 5.12. The Kier molecular flexibility index (Phi) is 8.75. The van der Waals surface area contributed by atoms with E-state index in [9.17, 15) is 0 Å². The second-order valence-corrected chi connectivity index (χ2v) is 10.9. The molecule has 0 fully saturated rings. The Morgan fingerprint density at radius 1 is 0.619 bits per heavy atom. The molecule has 3 heterocycles. The van der Waals surface area contributed by atoms with Crippen molar-refractivity contribution in [2.24, 2.45) is 0 Å². The number of pyridine rings is 3. The molecule has 0 amide bonds. The summed E-state index contributed by atoms with van der Waals surface area (Å²) in [6, 6.07) is 42.1. The number of rotatable bonds is 6. The topological polar surface area (TPSA) is 52.8 Å². The van der Waals surface area contributed by atoms with Crippen LogP contribution in [0.1, 0.15) is 26.3 Å². The van der Waals surface area contributed by atoms with Crippen molar-refractivity contribution < 1.29 is 21.1 Å². The van der Waals surface area contributed by atoms with Crippen LogP contribution in [0, 0.1) is 6.07 Å². The van der Waals surface area contributed by atoms with Gasteiger partial charge in [-0.15, -0.1) is 35.9 Å². The molecule has 0 saturated heterocycles. The molecule has 0 N–H and O–H groups in total. The van der Waals surface area contributed by atoms with E-state index in [2.05, 4.69) is 80.4 Å². The first kappa shape index (κ1) is 29.1. The van der Waals surface area contributed by atoms with Gasteiger partial charge in [0.15, 0.2) is 0 Å². The average Bonchev–Trinajstić information content (AvgIpc) is 3.02. The summed E-state index contributed by atoms with van der Waals surface area (Å²) in [7, 11) is 0. The van der Waals surface area contributed by atoms with E-state index in [0.29, 0.717) is 5.82 Å². The van der Waals surface area contributed by atoms with Gasteiger partial charge in [0.2, 0.25) is 0 Å². The first-order valence-corrected chi connectivity index (χ1v) is 13.7. The standard InChI is InChI=1S/C37H30N4.Pt/c1-37(2,3)29-19-20-34(31(25-29)35-24-28(21-23-38-35)26-12-6-4-7-13-26)41-36-30(16-11-22-39-36)33-18-10-17-32(40-33)27-14-8-5-9-15-27;/h4-14,16-25H,1-3H3;/q-2;+2. The Hall–Kier alpha value is -4.40. The van der Waals surface area contributed by atoms with Crippen LogP contribution in [0.3, 0.4) is 0 Å². The summed E-state index contributed by atoms with van der Waals surface area (Å²) in [5.74, 6) is 0.609. The quantitative estimate of drug-likeness (QED) is 0.161. The van der Waals surface area contributed by atoms with Gasteiger partial charge in [-0.1, -0.05) is 93.7 Å². The van der Waals surface area contributed by atoms with Gasteiger partial charge in [-0.05, 0) is 69.1 Å². The second-order valence-electron chi connectivity index (χ2n) is 10.9. The molecule has 0 unspecified atom stereocenters. The van der Waals surface area contributed by atoms with E-state index < -0.39 is 0 Å². The Labute approximate surface area is 262 Å². The van der Waals surface area contributed by atoms with Crippen LogP contribution in [0.25, 0.3) is 50.2 Å². The van der Waals surface area contributed by atoms with Gasteiger partial charge in [0.05, 0.1) is 11.4 Å². The Bertz CT molecular complexity index is 1790. The summed E-state index contributed by atoms with van der Waals surface area (Å²) in [6.07, 6.45) is 3.64. The predicted octanol–water partition coefficient (Wildman–Crippen LogP) is 9.97. The zero-order valence-electron chi connectivity index (χ0n) is 23.7. The van der Waals surface area contributed by atoms with Gasteiger partial charge in [-0.25, -0.2) is 0 Å². The van der Waals surface area contributed by atoms with Crippen LogP contribution >= 0.6 is 0 Å². The van der Waals surface area contributed by atoms with Crippen LogP contribution in [0.4, 0.5) is 11.5 Å². The zero-order valence-corrected chi connectivity index (χ0v) is 26.0. The summed E-state index contributed by atoms with van der Waals surface area (Å²) >= 11 is 0. The largest absolute Gasteiger partial charge is 2.00 e. The molecule has 0 saturated carbocycles. The van der Waals surface area contributed by atoms with Gasteiger partial charge >= 0.3 is 21.1 Å². The maximum Gasteiger partial charge on any atom is 2.00 e. The first-order chi connectivity index (χ1) is 20.0. The summed E-state index contributed by atoms with van der Waals surface area (Å²) in [5, 5.41) is 5.12. The predicted molar refractivity (Wildman–Crippen MR) is 168 cm³/mol. The summed E-state index contributed by atoms with van der Waals surface area (Å²) in [6.45, 7) is 6.66. The molecule has 4 nitrogen and oxygen atoms in total. The monoisotopic (exact) mass is 725 g/mol. The number of nitrogens with zero attached hydrogens (tertiary/aromatic N) is 4. The van der Waals surface area contributed by atoms with E-state index in [1.165, 1.54) is 5.56 Å². The third kappa shape index (κ3) is 6.40. The Morgan fingerprint density at radius 2 is 1.43 bits per heavy atom. The van der Waals surface area contributed by atoms with Crippen molar-refractivity contribution in [1.29, 1.82) is 0 Å². The SMILES string of the molecule is CC(C)(C)c1ccc([N-]c2ncccc2-c2cccc(-c3[c-]cccc3)n2)c(-c2cc(-c3ccccc3)ccn2)c1.[Pt+2].